The zero-order valence-corrected chi connectivity index (χ0v) is 16.9. The fourth-order valence-corrected chi connectivity index (χ4v) is 4.94. The number of carbonyl (C=O) groups excluding carboxylic acids is 2. The van der Waals surface area contributed by atoms with Crippen LogP contribution in [0.25, 0.3) is 0 Å². The summed E-state index contributed by atoms with van der Waals surface area (Å²) in [5.74, 6) is 0.295. The predicted molar refractivity (Wildman–Crippen MR) is 100 cm³/mol. The first-order valence-corrected chi connectivity index (χ1v) is 9.71. The number of nitrogens with one attached hydrogen (secondary N) is 1. The third kappa shape index (κ3) is 3.14. The number of aryl methyl sites for hydroxylation is 1. The van der Waals surface area contributed by atoms with Gasteiger partial charge >= 0.3 is 11.8 Å². The Balaban J connectivity index is 1.88. The van der Waals surface area contributed by atoms with Crippen molar-refractivity contribution in [2.24, 2.45) is 5.92 Å². The van der Waals surface area contributed by atoms with Crippen LogP contribution in [0.4, 0.5) is 0 Å². The molecule has 144 valence electrons. The van der Waals surface area contributed by atoms with Crippen LogP contribution >= 0.6 is 0 Å². The lowest BCUT2D eigenvalue weighted by Crippen LogP contribution is -2.64. The molecule has 3 rings (SSSR count). The van der Waals surface area contributed by atoms with Gasteiger partial charge in [-0.05, 0) is 66.2 Å². The molecule has 0 aliphatic carbocycles. The van der Waals surface area contributed by atoms with Crippen molar-refractivity contribution in [2.75, 3.05) is 6.54 Å². The Morgan fingerprint density at radius 1 is 1.15 bits per heavy atom. The third-order valence-electron chi connectivity index (χ3n) is 6.14. The summed E-state index contributed by atoms with van der Waals surface area (Å²) in [5, 5.41) is 0. The lowest BCUT2D eigenvalue weighted by Gasteiger charge is -2.52. The summed E-state index contributed by atoms with van der Waals surface area (Å²) in [6.45, 7) is 12.9. The average molecular weight is 361 g/mol. The summed E-state index contributed by atoms with van der Waals surface area (Å²) in [7, 11) is 0. The molecule has 1 aromatic rings. The highest BCUT2D eigenvalue weighted by molar-refractivity contribution is 6.35. The topological polar surface area (TPSA) is 69.3 Å². The number of nitrogens with zero attached hydrogens (tertiary/aromatic N) is 3. The number of amides is 2. The van der Waals surface area contributed by atoms with E-state index in [2.05, 4.69) is 44.6 Å². The first kappa shape index (κ1) is 18.9. The molecule has 2 fully saturated rings. The number of rotatable bonds is 1. The Labute approximate surface area is 156 Å². The monoisotopic (exact) mass is 360 g/mol. The third-order valence-corrected chi connectivity index (χ3v) is 6.14. The molecule has 0 saturated carbocycles. The maximum atomic E-state index is 13.3. The SMILES string of the molecule is Cc1cnc(C2C(C)CCN2C(=O)C(=O)N2C(C)(C)CCCC2(C)C)[nH]1. The number of H-pyrrole nitrogens is 1. The average Bonchev–Trinajstić information content (AvgIpc) is 3.10. The van der Waals surface area contributed by atoms with E-state index < -0.39 is 5.91 Å². The zero-order valence-electron chi connectivity index (χ0n) is 16.9. The number of piperidine rings is 1. The maximum absolute atomic E-state index is 13.3. The first-order valence-electron chi connectivity index (χ1n) is 9.71. The zero-order chi connectivity index (χ0) is 19.3. The van der Waals surface area contributed by atoms with Crippen molar-refractivity contribution in [1.29, 1.82) is 0 Å². The molecule has 0 aromatic carbocycles. The van der Waals surface area contributed by atoms with Crippen LogP contribution < -0.4 is 0 Å². The number of aromatic nitrogens is 2. The minimum Gasteiger partial charge on any atom is -0.344 e. The lowest BCUT2D eigenvalue weighted by molar-refractivity contribution is -0.163. The summed E-state index contributed by atoms with van der Waals surface area (Å²) < 4.78 is 0. The summed E-state index contributed by atoms with van der Waals surface area (Å²) in [6, 6.07) is -0.156. The smallest absolute Gasteiger partial charge is 0.313 e. The second-order valence-electron chi connectivity index (χ2n) is 9.28. The molecule has 2 amide bonds. The van der Waals surface area contributed by atoms with Gasteiger partial charge in [0.2, 0.25) is 0 Å². The molecule has 2 aliphatic rings. The molecule has 26 heavy (non-hydrogen) atoms. The van der Waals surface area contributed by atoms with E-state index in [0.29, 0.717) is 6.54 Å². The Morgan fingerprint density at radius 2 is 1.77 bits per heavy atom. The van der Waals surface area contributed by atoms with Gasteiger partial charge in [-0.2, -0.15) is 0 Å². The summed E-state index contributed by atoms with van der Waals surface area (Å²) in [5.41, 5.74) is 0.351. The van der Waals surface area contributed by atoms with E-state index in [4.69, 9.17) is 0 Å². The predicted octanol–water partition coefficient (Wildman–Crippen LogP) is 3.20. The van der Waals surface area contributed by atoms with Gasteiger partial charge in [0.05, 0.1) is 6.04 Å². The van der Waals surface area contributed by atoms with Gasteiger partial charge in [0.15, 0.2) is 0 Å². The standard InChI is InChI=1S/C20H32N4O2/c1-13-8-11-23(15(13)16-21-12-14(2)22-16)17(25)18(26)24-19(3,4)9-7-10-20(24,5)6/h12-13,15H,7-11H2,1-6H3,(H,21,22). The van der Waals surface area contributed by atoms with Crippen molar-refractivity contribution in [3.8, 4) is 0 Å². The fraction of sp³-hybridized carbons (Fsp3) is 0.750. The maximum Gasteiger partial charge on any atom is 0.313 e. The van der Waals surface area contributed by atoms with Crippen LogP contribution in [0.2, 0.25) is 0 Å². The Hall–Kier alpha value is -1.85. The highest BCUT2D eigenvalue weighted by Crippen LogP contribution is 2.40. The molecule has 2 atom stereocenters. The fourth-order valence-electron chi connectivity index (χ4n) is 4.94. The van der Waals surface area contributed by atoms with E-state index in [9.17, 15) is 9.59 Å². The van der Waals surface area contributed by atoms with Crippen LogP contribution in [-0.2, 0) is 9.59 Å². The summed E-state index contributed by atoms with van der Waals surface area (Å²) in [4.78, 5) is 37.8. The van der Waals surface area contributed by atoms with Crippen molar-refractivity contribution in [3.05, 3.63) is 17.7 Å². The molecule has 2 saturated heterocycles. The second-order valence-corrected chi connectivity index (χ2v) is 9.28. The van der Waals surface area contributed by atoms with E-state index in [-0.39, 0.29) is 28.9 Å². The van der Waals surface area contributed by atoms with Crippen molar-refractivity contribution in [3.63, 3.8) is 0 Å². The van der Waals surface area contributed by atoms with E-state index in [1.165, 1.54) is 0 Å². The van der Waals surface area contributed by atoms with E-state index in [0.717, 1.165) is 37.2 Å². The lowest BCUT2D eigenvalue weighted by atomic mass is 9.79. The molecule has 0 radical (unpaired) electrons. The second kappa shape index (κ2) is 6.39. The van der Waals surface area contributed by atoms with Crippen molar-refractivity contribution >= 4 is 11.8 Å². The quantitative estimate of drug-likeness (QED) is 0.782. The number of aromatic amines is 1. The minimum absolute atomic E-state index is 0.156. The van der Waals surface area contributed by atoms with Gasteiger partial charge in [-0.25, -0.2) is 4.98 Å². The molecule has 0 spiro atoms. The summed E-state index contributed by atoms with van der Waals surface area (Å²) in [6.07, 6.45) is 5.59. The number of likely N-dealkylation sites (tertiary alicyclic amines) is 2. The molecule has 6 heteroatoms. The van der Waals surface area contributed by atoms with Gasteiger partial charge in [0.1, 0.15) is 5.82 Å². The van der Waals surface area contributed by atoms with Gasteiger partial charge in [0.25, 0.3) is 0 Å². The number of imidazole rings is 1. The van der Waals surface area contributed by atoms with E-state index in [1.807, 2.05) is 11.8 Å². The largest absolute Gasteiger partial charge is 0.344 e. The first-order chi connectivity index (χ1) is 12.0. The highest BCUT2D eigenvalue weighted by Gasteiger charge is 2.49. The van der Waals surface area contributed by atoms with Crippen LogP contribution in [-0.4, -0.2) is 49.2 Å². The van der Waals surface area contributed by atoms with Crippen molar-refractivity contribution in [1.82, 2.24) is 19.8 Å². The number of carbonyl (C=O) groups is 2. The van der Waals surface area contributed by atoms with Gasteiger partial charge in [-0.15, -0.1) is 0 Å². The van der Waals surface area contributed by atoms with Crippen LogP contribution in [0, 0.1) is 12.8 Å². The Bertz CT molecular complexity index is 690. The molecular formula is C20H32N4O2. The molecular weight excluding hydrogens is 328 g/mol. The summed E-state index contributed by atoms with van der Waals surface area (Å²) >= 11 is 0. The minimum atomic E-state index is -0.392. The Morgan fingerprint density at radius 3 is 2.31 bits per heavy atom. The van der Waals surface area contributed by atoms with E-state index >= 15 is 0 Å². The van der Waals surface area contributed by atoms with E-state index in [1.54, 1.807) is 11.1 Å². The molecule has 1 N–H and O–H groups in total. The van der Waals surface area contributed by atoms with Crippen LogP contribution in [0.5, 0.6) is 0 Å². The number of hydrogen-bond acceptors (Lipinski definition) is 3. The van der Waals surface area contributed by atoms with Gasteiger partial charge < -0.3 is 14.8 Å². The van der Waals surface area contributed by atoms with Crippen molar-refractivity contribution in [2.45, 2.75) is 84.3 Å². The highest BCUT2D eigenvalue weighted by atomic mass is 16.2. The van der Waals surface area contributed by atoms with Gasteiger partial charge in [-0.1, -0.05) is 6.92 Å². The molecule has 3 heterocycles. The molecule has 2 unspecified atom stereocenters. The van der Waals surface area contributed by atoms with Gasteiger partial charge in [-0.3, -0.25) is 9.59 Å². The molecule has 0 bridgehead atoms. The van der Waals surface area contributed by atoms with Crippen LogP contribution in [0.15, 0.2) is 6.20 Å². The number of hydrogen-bond donors (Lipinski definition) is 1. The molecule has 2 aliphatic heterocycles. The van der Waals surface area contributed by atoms with Gasteiger partial charge in [0, 0.05) is 29.5 Å². The molecule has 1 aromatic heterocycles. The molecule has 6 nitrogen and oxygen atoms in total. The van der Waals surface area contributed by atoms with Crippen LogP contribution in [0.3, 0.4) is 0 Å². The van der Waals surface area contributed by atoms with Crippen molar-refractivity contribution < 1.29 is 9.59 Å². The van der Waals surface area contributed by atoms with Crippen LogP contribution in [0.1, 0.15) is 77.9 Å². The normalized spacial score (nSPS) is 27.6. The Kier molecular flexibility index (Phi) is 4.65.